The van der Waals surface area contributed by atoms with Crippen LogP contribution in [0.5, 0.6) is 0 Å². The van der Waals surface area contributed by atoms with Gasteiger partial charge in [0, 0.05) is 36.8 Å². The van der Waals surface area contributed by atoms with Crippen molar-refractivity contribution in [2.75, 3.05) is 13.1 Å². The molecule has 5 heteroatoms. The maximum Gasteiger partial charge on any atom is 0.223 e. The highest BCUT2D eigenvalue weighted by molar-refractivity contribution is 7.09. The number of aryl methyl sites for hydroxylation is 1. The molecule has 3 rings (SSSR count). The third-order valence-electron chi connectivity index (χ3n) is 3.86. The summed E-state index contributed by atoms with van der Waals surface area (Å²) in [5, 5.41) is 2.07. The van der Waals surface area contributed by atoms with Gasteiger partial charge in [-0.15, -0.1) is 11.3 Å². The summed E-state index contributed by atoms with van der Waals surface area (Å²) in [7, 11) is 0. The average Bonchev–Trinajstić information content (AvgIpc) is 3.18. The van der Waals surface area contributed by atoms with Crippen LogP contribution in [0.15, 0.2) is 36.2 Å². The first-order valence-corrected chi connectivity index (χ1v) is 7.98. The summed E-state index contributed by atoms with van der Waals surface area (Å²) in [6.07, 6.45) is 9.34. The molecule has 0 radical (unpaired) electrons. The van der Waals surface area contributed by atoms with E-state index < -0.39 is 0 Å². The molecular formula is C15H19N3OS. The van der Waals surface area contributed by atoms with Gasteiger partial charge in [0.2, 0.25) is 5.91 Å². The standard InChI is InChI=1S/C15H19N3OS/c19-15(6-5-14-4-2-10-20-14)17-8-1-3-13(11-17)18-9-7-16-12-18/h2,4,7,9-10,12-13H,1,3,5-6,8,11H2/t13-/m1/s1. The molecule has 0 aliphatic carbocycles. The fourth-order valence-electron chi connectivity index (χ4n) is 2.75. The number of nitrogens with zero attached hydrogens (tertiary/aromatic N) is 3. The minimum atomic E-state index is 0.281. The van der Waals surface area contributed by atoms with Crippen molar-refractivity contribution in [3.8, 4) is 0 Å². The molecule has 0 spiro atoms. The van der Waals surface area contributed by atoms with Gasteiger partial charge in [-0.25, -0.2) is 4.98 Å². The number of carbonyl (C=O) groups excluding carboxylic acids is 1. The van der Waals surface area contributed by atoms with Gasteiger partial charge in [-0.3, -0.25) is 4.79 Å². The summed E-state index contributed by atoms with van der Waals surface area (Å²) >= 11 is 1.73. The molecule has 1 atom stereocenters. The second-order valence-electron chi connectivity index (χ2n) is 5.23. The Morgan fingerprint density at radius 3 is 3.20 bits per heavy atom. The number of piperidine rings is 1. The number of hydrogen-bond acceptors (Lipinski definition) is 3. The monoisotopic (exact) mass is 289 g/mol. The van der Waals surface area contributed by atoms with E-state index in [1.807, 2.05) is 23.5 Å². The molecule has 3 heterocycles. The molecule has 106 valence electrons. The first-order valence-electron chi connectivity index (χ1n) is 7.10. The first kappa shape index (κ1) is 13.4. The van der Waals surface area contributed by atoms with E-state index in [0.29, 0.717) is 12.5 Å². The van der Waals surface area contributed by atoms with Crippen molar-refractivity contribution in [3.05, 3.63) is 41.1 Å². The molecule has 1 saturated heterocycles. The van der Waals surface area contributed by atoms with Gasteiger partial charge in [0.25, 0.3) is 0 Å². The number of likely N-dealkylation sites (tertiary alicyclic amines) is 1. The van der Waals surface area contributed by atoms with E-state index in [2.05, 4.69) is 21.0 Å². The normalized spacial score (nSPS) is 19.2. The number of imidazole rings is 1. The van der Waals surface area contributed by atoms with Crippen LogP contribution in [0.1, 0.15) is 30.2 Å². The lowest BCUT2D eigenvalue weighted by atomic mass is 10.0. The molecule has 0 unspecified atom stereocenters. The minimum absolute atomic E-state index is 0.281. The maximum atomic E-state index is 12.3. The number of rotatable bonds is 4. The predicted octanol–water partition coefficient (Wildman–Crippen LogP) is 2.74. The van der Waals surface area contributed by atoms with Crippen molar-refractivity contribution in [3.63, 3.8) is 0 Å². The third kappa shape index (κ3) is 3.10. The number of carbonyl (C=O) groups is 1. The molecule has 4 nitrogen and oxygen atoms in total. The second kappa shape index (κ2) is 6.22. The van der Waals surface area contributed by atoms with Gasteiger partial charge in [-0.2, -0.15) is 0 Å². The van der Waals surface area contributed by atoms with Crippen molar-refractivity contribution in [2.24, 2.45) is 0 Å². The van der Waals surface area contributed by atoms with Crippen LogP contribution in [0.2, 0.25) is 0 Å². The van der Waals surface area contributed by atoms with Gasteiger partial charge in [0.15, 0.2) is 0 Å². The minimum Gasteiger partial charge on any atom is -0.341 e. The van der Waals surface area contributed by atoms with E-state index in [0.717, 1.165) is 32.4 Å². The first-order chi connectivity index (χ1) is 9.83. The fraction of sp³-hybridized carbons (Fsp3) is 0.467. The molecule has 0 bridgehead atoms. The summed E-state index contributed by atoms with van der Waals surface area (Å²) < 4.78 is 2.12. The molecule has 1 fully saturated rings. The highest BCUT2D eigenvalue weighted by Gasteiger charge is 2.24. The molecule has 2 aromatic rings. The van der Waals surface area contributed by atoms with E-state index in [9.17, 15) is 4.79 Å². The van der Waals surface area contributed by atoms with E-state index in [1.54, 1.807) is 17.5 Å². The van der Waals surface area contributed by atoms with Gasteiger partial charge in [-0.05, 0) is 30.7 Å². The van der Waals surface area contributed by atoms with E-state index in [1.165, 1.54) is 4.88 Å². The van der Waals surface area contributed by atoms with Crippen LogP contribution in [0.4, 0.5) is 0 Å². The van der Waals surface area contributed by atoms with Crippen molar-refractivity contribution < 1.29 is 4.79 Å². The van der Waals surface area contributed by atoms with Crippen LogP contribution in [-0.2, 0) is 11.2 Å². The Labute approximate surface area is 123 Å². The van der Waals surface area contributed by atoms with E-state index in [-0.39, 0.29) is 5.91 Å². The van der Waals surface area contributed by atoms with Crippen molar-refractivity contribution >= 4 is 17.2 Å². The highest BCUT2D eigenvalue weighted by atomic mass is 32.1. The molecule has 0 N–H and O–H groups in total. The molecule has 0 saturated carbocycles. The highest BCUT2D eigenvalue weighted by Crippen LogP contribution is 2.22. The Morgan fingerprint density at radius 1 is 1.50 bits per heavy atom. The Hall–Kier alpha value is -1.62. The molecule has 0 aromatic carbocycles. The van der Waals surface area contributed by atoms with Gasteiger partial charge < -0.3 is 9.47 Å². The van der Waals surface area contributed by atoms with Gasteiger partial charge >= 0.3 is 0 Å². The molecule has 1 aliphatic heterocycles. The average molecular weight is 289 g/mol. The summed E-state index contributed by atoms with van der Waals surface area (Å²) in [4.78, 5) is 19.7. The smallest absolute Gasteiger partial charge is 0.223 e. The Bertz CT molecular complexity index is 535. The van der Waals surface area contributed by atoms with Crippen LogP contribution in [-0.4, -0.2) is 33.4 Å². The quantitative estimate of drug-likeness (QED) is 0.868. The van der Waals surface area contributed by atoms with Crippen LogP contribution in [0.3, 0.4) is 0 Å². The third-order valence-corrected chi connectivity index (χ3v) is 4.80. The predicted molar refractivity (Wildman–Crippen MR) is 79.7 cm³/mol. The zero-order valence-corrected chi connectivity index (χ0v) is 12.3. The Morgan fingerprint density at radius 2 is 2.45 bits per heavy atom. The number of amides is 1. The van der Waals surface area contributed by atoms with E-state index in [4.69, 9.17) is 0 Å². The Balaban J connectivity index is 1.55. The lowest BCUT2D eigenvalue weighted by Crippen LogP contribution is -2.40. The molecular weight excluding hydrogens is 270 g/mol. The van der Waals surface area contributed by atoms with Gasteiger partial charge in [0.1, 0.15) is 0 Å². The van der Waals surface area contributed by atoms with Crippen LogP contribution in [0, 0.1) is 0 Å². The van der Waals surface area contributed by atoms with Gasteiger partial charge in [0.05, 0.1) is 12.4 Å². The zero-order chi connectivity index (χ0) is 13.8. The lowest BCUT2D eigenvalue weighted by Gasteiger charge is -2.33. The Kier molecular flexibility index (Phi) is 4.16. The fourth-order valence-corrected chi connectivity index (χ4v) is 3.46. The summed E-state index contributed by atoms with van der Waals surface area (Å²) in [5.41, 5.74) is 0. The summed E-state index contributed by atoms with van der Waals surface area (Å²) in [6.45, 7) is 1.72. The summed E-state index contributed by atoms with van der Waals surface area (Å²) in [6, 6.07) is 4.53. The lowest BCUT2D eigenvalue weighted by molar-refractivity contribution is -0.132. The van der Waals surface area contributed by atoms with Crippen LogP contribution in [0.25, 0.3) is 0 Å². The van der Waals surface area contributed by atoms with E-state index >= 15 is 0 Å². The molecule has 2 aromatic heterocycles. The van der Waals surface area contributed by atoms with Gasteiger partial charge in [-0.1, -0.05) is 6.07 Å². The molecule has 1 aliphatic rings. The topological polar surface area (TPSA) is 38.1 Å². The van der Waals surface area contributed by atoms with Crippen molar-refractivity contribution in [1.29, 1.82) is 0 Å². The maximum absolute atomic E-state index is 12.3. The molecule has 20 heavy (non-hydrogen) atoms. The van der Waals surface area contributed by atoms with Crippen LogP contribution >= 0.6 is 11.3 Å². The number of aromatic nitrogens is 2. The van der Waals surface area contributed by atoms with Crippen molar-refractivity contribution in [1.82, 2.24) is 14.5 Å². The number of hydrogen-bond donors (Lipinski definition) is 0. The van der Waals surface area contributed by atoms with Crippen LogP contribution < -0.4 is 0 Å². The van der Waals surface area contributed by atoms with Crippen molar-refractivity contribution in [2.45, 2.75) is 31.7 Å². The largest absolute Gasteiger partial charge is 0.341 e. The SMILES string of the molecule is O=C(CCc1cccs1)N1CCC[C@@H](n2ccnc2)C1. The zero-order valence-electron chi connectivity index (χ0n) is 11.4. The molecule has 1 amide bonds. The number of thiophene rings is 1. The summed E-state index contributed by atoms with van der Waals surface area (Å²) in [5.74, 6) is 0.281. The second-order valence-corrected chi connectivity index (χ2v) is 6.26.